The molecule has 1 saturated heterocycles. The van der Waals surface area contributed by atoms with E-state index >= 15 is 0 Å². The zero-order chi connectivity index (χ0) is 24.6. The first kappa shape index (κ1) is 23.3. The lowest BCUT2D eigenvalue weighted by atomic mass is 10.0. The quantitative estimate of drug-likeness (QED) is 0.262. The van der Waals surface area contributed by atoms with Crippen LogP contribution in [0.4, 0.5) is 5.69 Å². The van der Waals surface area contributed by atoms with E-state index in [-0.39, 0.29) is 60.0 Å². The SMILES string of the molecule is C=CCN1C(=O)c2ccc(C(=O)N3CCN(S(=O)(=O)c4cccc([N+](=O)[O-])c4)CC3)cc2C1=O. The highest BCUT2D eigenvalue weighted by Crippen LogP contribution is 2.26. The fourth-order valence-electron chi connectivity index (χ4n) is 3.94. The third-order valence-corrected chi connectivity index (χ3v) is 7.62. The second kappa shape index (κ2) is 8.80. The minimum atomic E-state index is -3.97. The number of hydrogen-bond donors (Lipinski definition) is 0. The molecule has 0 atom stereocenters. The van der Waals surface area contributed by atoms with Crippen molar-refractivity contribution in [1.82, 2.24) is 14.1 Å². The molecular weight excluding hydrogens is 464 g/mol. The van der Waals surface area contributed by atoms with Crippen molar-refractivity contribution >= 4 is 33.4 Å². The van der Waals surface area contributed by atoms with Gasteiger partial charge in [0.25, 0.3) is 23.4 Å². The number of non-ortho nitro benzene ring substituents is 1. The van der Waals surface area contributed by atoms with Gasteiger partial charge in [-0.2, -0.15) is 4.31 Å². The number of sulfonamides is 1. The van der Waals surface area contributed by atoms with E-state index in [4.69, 9.17) is 0 Å². The Balaban J connectivity index is 1.47. The second-order valence-corrected chi connectivity index (χ2v) is 9.66. The summed E-state index contributed by atoms with van der Waals surface area (Å²) in [6.07, 6.45) is 1.44. The summed E-state index contributed by atoms with van der Waals surface area (Å²) >= 11 is 0. The molecule has 0 aromatic heterocycles. The highest BCUT2D eigenvalue weighted by molar-refractivity contribution is 7.89. The first-order chi connectivity index (χ1) is 16.1. The van der Waals surface area contributed by atoms with Crippen LogP contribution >= 0.6 is 0 Å². The van der Waals surface area contributed by atoms with Crippen molar-refractivity contribution < 1.29 is 27.7 Å². The standard InChI is InChI=1S/C22H20N4O7S/c1-2-8-25-21(28)18-7-6-15(13-19(18)22(25)29)20(27)23-9-11-24(12-10-23)34(32,33)17-5-3-4-16(14-17)26(30)31/h2-7,13-14H,1,8-12H2. The molecule has 34 heavy (non-hydrogen) atoms. The summed E-state index contributed by atoms with van der Waals surface area (Å²) in [5.74, 6) is -1.33. The van der Waals surface area contributed by atoms with Crippen molar-refractivity contribution in [1.29, 1.82) is 0 Å². The first-order valence-electron chi connectivity index (χ1n) is 10.3. The summed E-state index contributed by atoms with van der Waals surface area (Å²) in [6.45, 7) is 3.81. The zero-order valence-electron chi connectivity index (χ0n) is 17.9. The summed E-state index contributed by atoms with van der Waals surface area (Å²) in [7, 11) is -3.97. The van der Waals surface area contributed by atoms with Gasteiger partial charge in [0.2, 0.25) is 10.0 Å². The predicted octanol–water partition coefficient (Wildman–Crippen LogP) is 1.52. The van der Waals surface area contributed by atoms with Crippen molar-refractivity contribution in [3.63, 3.8) is 0 Å². The summed E-state index contributed by atoms with van der Waals surface area (Å²) in [5.41, 5.74) is 0.252. The highest BCUT2D eigenvalue weighted by atomic mass is 32.2. The lowest BCUT2D eigenvalue weighted by Gasteiger charge is -2.34. The topological polar surface area (TPSA) is 138 Å². The molecule has 3 amide bonds. The molecule has 0 aliphatic carbocycles. The van der Waals surface area contributed by atoms with Crippen LogP contribution < -0.4 is 0 Å². The Morgan fingerprint density at radius 3 is 2.35 bits per heavy atom. The van der Waals surface area contributed by atoms with E-state index in [1.54, 1.807) is 0 Å². The molecule has 0 N–H and O–H groups in total. The number of amides is 3. The highest BCUT2D eigenvalue weighted by Gasteiger charge is 2.36. The van der Waals surface area contributed by atoms with Crippen LogP contribution in [0.25, 0.3) is 0 Å². The molecule has 4 rings (SSSR count). The van der Waals surface area contributed by atoms with Crippen molar-refractivity contribution in [3.8, 4) is 0 Å². The van der Waals surface area contributed by atoms with E-state index < -0.39 is 32.7 Å². The third kappa shape index (κ3) is 3.97. The molecule has 11 nitrogen and oxygen atoms in total. The Labute approximate surface area is 195 Å². The minimum Gasteiger partial charge on any atom is -0.336 e. The molecule has 0 unspecified atom stereocenters. The van der Waals surface area contributed by atoms with Gasteiger partial charge >= 0.3 is 0 Å². The molecule has 2 aliphatic rings. The van der Waals surface area contributed by atoms with Crippen LogP contribution in [0, 0.1) is 10.1 Å². The first-order valence-corrected chi connectivity index (χ1v) is 11.7. The van der Waals surface area contributed by atoms with Gasteiger partial charge in [0, 0.05) is 50.4 Å². The van der Waals surface area contributed by atoms with Crippen molar-refractivity contribution in [2.75, 3.05) is 32.7 Å². The number of carbonyl (C=O) groups excluding carboxylic acids is 3. The smallest absolute Gasteiger partial charge is 0.270 e. The molecule has 0 bridgehead atoms. The third-order valence-electron chi connectivity index (χ3n) is 5.72. The van der Waals surface area contributed by atoms with Gasteiger partial charge in [-0.15, -0.1) is 6.58 Å². The number of benzene rings is 2. The van der Waals surface area contributed by atoms with Crippen LogP contribution in [-0.4, -0.2) is 77.9 Å². The Morgan fingerprint density at radius 1 is 1.03 bits per heavy atom. The van der Waals surface area contributed by atoms with Crippen LogP contribution in [0.1, 0.15) is 31.1 Å². The summed E-state index contributed by atoms with van der Waals surface area (Å²) in [4.78, 5) is 50.5. The number of imide groups is 1. The van der Waals surface area contributed by atoms with Crippen LogP contribution in [0.5, 0.6) is 0 Å². The molecule has 0 saturated carbocycles. The van der Waals surface area contributed by atoms with E-state index in [2.05, 4.69) is 6.58 Å². The van der Waals surface area contributed by atoms with Gasteiger partial charge in [0.1, 0.15) is 0 Å². The average Bonchev–Trinajstić information content (AvgIpc) is 3.08. The van der Waals surface area contributed by atoms with Gasteiger partial charge in [-0.05, 0) is 24.3 Å². The average molecular weight is 484 g/mol. The van der Waals surface area contributed by atoms with E-state index in [0.717, 1.165) is 11.0 Å². The molecule has 2 aromatic rings. The Bertz CT molecular complexity index is 1330. The number of rotatable bonds is 6. The van der Waals surface area contributed by atoms with Crippen LogP contribution in [0.3, 0.4) is 0 Å². The summed E-state index contributed by atoms with van der Waals surface area (Å²) in [5, 5.41) is 11.0. The fraction of sp³-hybridized carbons (Fsp3) is 0.227. The van der Waals surface area contributed by atoms with Gasteiger partial charge in [-0.3, -0.25) is 29.4 Å². The van der Waals surface area contributed by atoms with Crippen molar-refractivity contribution in [2.24, 2.45) is 0 Å². The number of hydrogen-bond acceptors (Lipinski definition) is 7. The molecular formula is C22H20N4O7S. The molecule has 12 heteroatoms. The Morgan fingerprint density at radius 2 is 1.71 bits per heavy atom. The fourth-order valence-corrected chi connectivity index (χ4v) is 5.40. The summed E-state index contributed by atoms with van der Waals surface area (Å²) in [6, 6.07) is 9.10. The van der Waals surface area contributed by atoms with Gasteiger partial charge < -0.3 is 4.90 Å². The van der Waals surface area contributed by atoms with Crippen LogP contribution in [-0.2, 0) is 10.0 Å². The summed E-state index contributed by atoms with van der Waals surface area (Å²) < 4.78 is 27.0. The van der Waals surface area contributed by atoms with E-state index in [1.165, 1.54) is 51.7 Å². The molecule has 2 heterocycles. The van der Waals surface area contributed by atoms with Gasteiger partial charge in [0.05, 0.1) is 20.9 Å². The molecule has 0 spiro atoms. The van der Waals surface area contributed by atoms with Crippen molar-refractivity contribution in [3.05, 3.63) is 81.9 Å². The normalized spacial score (nSPS) is 16.5. The number of nitro benzene ring substituents is 1. The number of fused-ring (bicyclic) bond motifs is 1. The molecule has 1 fully saturated rings. The number of nitrogens with zero attached hydrogens (tertiary/aromatic N) is 4. The van der Waals surface area contributed by atoms with Crippen LogP contribution in [0.2, 0.25) is 0 Å². The van der Waals surface area contributed by atoms with Gasteiger partial charge in [-0.1, -0.05) is 12.1 Å². The Kier molecular flexibility index (Phi) is 6.02. The lowest BCUT2D eigenvalue weighted by Crippen LogP contribution is -2.50. The van der Waals surface area contributed by atoms with Gasteiger partial charge in [0.15, 0.2) is 0 Å². The molecule has 2 aromatic carbocycles. The molecule has 176 valence electrons. The predicted molar refractivity (Wildman–Crippen MR) is 120 cm³/mol. The van der Waals surface area contributed by atoms with E-state index in [0.29, 0.717) is 0 Å². The number of carbonyl (C=O) groups is 3. The maximum Gasteiger partial charge on any atom is 0.270 e. The van der Waals surface area contributed by atoms with Crippen molar-refractivity contribution in [2.45, 2.75) is 4.90 Å². The van der Waals surface area contributed by atoms with Crippen LogP contribution in [0.15, 0.2) is 60.0 Å². The largest absolute Gasteiger partial charge is 0.336 e. The monoisotopic (exact) mass is 484 g/mol. The van der Waals surface area contributed by atoms with Gasteiger partial charge in [-0.25, -0.2) is 8.42 Å². The Hall–Kier alpha value is -3.90. The number of nitro groups is 1. The van der Waals surface area contributed by atoms with E-state index in [9.17, 15) is 32.9 Å². The maximum atomic E-state index is 13.0. The maximum absolute atomic E-state index is 13.0. The molecule has 0 radical (unpaired) electrons. The number of piperazine rings is 1. The minimum absolute atomic E-state index is 0.00619. The zero-order valence-corrected chi connectivity index (χ0v) is 18.7. The lowest BCUT2D eigenvalue weighted by molar-refractivity contribution is -0.385. The second-order valence-electron chi connectivity index (χ2n) is 7.72. The molecule has 2 aliphatic heterocycles. The van der Waals surface area contributed by atoms with E-state index in [1.807, 2.05) is 0 Å².